The third kappa shape index (κ3) is 5.14. The maximum atomic E-state index is 10.6. The van der Waals surface area contributed by atoms with Gasteiger partial charge in [-0.3, -0.25) is 10.1 Å². The third-order valence-corrected chi connectivity index (χ3v) is 2.44. The predicted molar refractivity (Wildman–Crippen MR) is 70.9 cm³/mol. The second-order valence-corrected chi connectivity index (χ2v) is 4.73. The van der Waals surface area contributed by atoms with Crippen LogP contribution in [0.4, 0.5) is 5.69 Å². The zero-order chi connectivity index (χ0) is 13.5. The Hall–Kier alpha value is -1.62. The van der Waals surface area contributed by atoms with Gasteiger partial charge < -0.3 is 10.1 Å². The van der Waals surface area contributed by atoms with Crippen LogP contribution in [-0.4, -0.2) is 24.1 Å². The number of nitro benzene ring substituents is 1. The van der Waals surface area contributed by atoms with Crippen LogP contribution >= 0.6 is 0 Å². The molecule has 5 nitrogen and oxygen atoms in total. The van der Waals surface area contributed by atoms with Gasteiger partial charge in [-0.15, -0.1) is 0 Å². The highest BCUT2D eigenvalue weighted by Crippen LogP contribution is 2.19. The fraction of sp³-hybridized carbons (Fsp3) is 0.538. The number of non-ortho nitro benzene ring substituents is 1. The molecule has 1 N–H and O–H groups in total. The number of nitrogens with zero attached hydrogens (tertiary/aromatic N) is 1. The molecule has 1 aromatic carbocycles. The van der Waals surface area contributed by atoms with Crippen molar-refractivity contribution in [3.05, 3.63) is 34.4 Å². The van der Waals surface area contributed by atoms with Gasteiger partial charge in [-0.05, 0) is 6.07 Å². The van der Waals surface area contributed by atoms with Crippen LogP contribution in [0.3, 0.4) is 0 Å². The number of benzene rings is 1. The Bertz CT molecular complexity index is 394. The zero-order valence-corrected chi connectivity index (χ0v) is 11.1. The molecule has 100 valence electrons. The lowest BCUT2D eigenvalue weighted by molar-refractivity contribution is -0.384. The van der Waals surface area contributed by atoms with Crippen molar-refractivity contribution in [2.24, 2.45) is 5.92 Å². The molecule has 1 unspecified atom stereocenters. The van der Waals surface area contributed by atoms with Crippen molar-refractivity contribution in [2.75, 3.05) is 13.2 Å². The van der Waals surface area contributed by atoms with Crippen molar-refractivity contribution in [1.29, 1.82) is 0 Å². The zero-order valence-electron chi connectivity index (χ0n) is 11.1. The molecule has 0 bridgehead atoms. The summed E-state index contributed by atoms with van der Waals surface area (Å²) < 4.78 is 5.55. The maximum Gasteiger partial charge on any atom is 0.273 e. The lowest BCUT2D eigenvalue weighted by Gasteiger charge is -2.15. The summed E-state index contributed by atoms with van der Waals surface area (Å²) in [6.07, 6.45) is 0. The number of hydrogen-bond donors (Lipinski definition) is 1. The van der Waals surface area contributed by atoms with E-state index in [0.29, 0.717) is 24.3 Å². The van der Waals surface area contributed by atoms with E-state index in [2.05, 4.69) is 26.1 Å². The van der Waals surface area contributed by atoms with Crippen molar-refractivity contribution in [1.82, 2.24) is 5.32 Å². The summed E-state index contributed by atoms with van der Waals surface area (Å²) in [5, 5.41) is 13.9. The fourth-order valence-corrected chi connectivity index (χ4v) is 1.42. The Morgan fingerprint density at radius 3 is 2.72 bits per heavy atom. The molecule has 0 saturated heterocycles. The van der Waals surface area contributed by atoms with Crippen molar-refractivity contribution >= 4 is 5.69 Å². The van der Waals surface area contributed by atoms with Gasteiger partial charge in [0.1, 0.15) is 5.75 Å². The molecule has 18 heavy (non-hydrogen) atoms. The highest BCUT2D eigenvalue weighted by Gasteiger charge is 2.08. The van der Waals surface area contributed by atoms with Crippen LogP contribution in [0.15, 0.2) is 24.3 Å². The second-order valence-electron chi connectivity index (χ2n) is 4.73. The summed E-state index contributed by atoms with van der Waals surface area (Å²) in [6.45, 7) is 7.67. The Morgan fingerprint density at radius 1 is 1.39 bits per heavy atom. The summed E-state index contributed by atoms with van der Waals surface area (Å²) in [5.41, 5.74) is 0.0560. The summed E-state index contributed by atoms with van der Waals surface area (Å²) in [5.74, 6) is 0.896. The van der Waals surface area contributed by atoms with Crippen molar-refractivity contribution < 1.29 is 9.66 Å². The van der Waals surface area contributed by atoms with Crippen LogP contribution in [0.25, 0.3) is 0 Å². The van der Waals surface area contributed by atoms with Crippen LogP contribution in [0.2, 0.25) is 0 Å². The Kier molecular flexibility index (Phi) is 5.58. The van der Waals surface area contributed by atoms with Gasteiger partial charge >= 0.3 is 0 Å². The summed E-state index contributed by atoms with van der Waals surface area (Å²) >= 11 is 0. The first kappa shape index (κ1) is 14.4. The molecule has 0 aliphatic heterocycles. The van der Waals surface area contributed by atoms with Gasteiger partial charge in [-0.25, -0.2) is 0 Å². The van der Waals surface area contributed by atoms with Gasteiger partial charge in [-0.2, -0.15) is 0 Å². The minimum Gasteiger partial charge on any atom is -0.493 e. The molecule has 1 rings (SSSR count). The molecular weight excluding hydrogens is 232 g/mol. The van der Waals surface area contributed by atoms with Crippen LogP contribution in [0, 0.1) is 16.0 Å². The van der Waals surface area contributed by atoms with E-state index in [9.17, 15) is 10.1 Å². The van der Waals surface area contributed by atoms with Crippen molar-refractivity contribution in [2.45, 2.75) is 26.8 Å². The number of ether oxygens (including phenoxy) is 1. The van der Waals surface area contributed by atoms with E-state index in [1.807, 2.05) is 0 Å². The minimum atomic E-state index is -0.420. The summed E-state index contributed by atoms with van der Waals surface area (Å²) in [6, 6.07) is 6.71. The average molecular weight is 252 g/mol. The number of nitro groups is 1. The van der Waals surface area contributed by atoms with Crippen LogP contribution < -0.4 is 10.1 Å². The molecule has 0 saturated carbocycles. The smallest absolute Gasteiger partial charge is 0.273 e. The normalized spacial score (nSPS) is 12.4. The van der Waals surface area contributed by atoms with Crippen LogP contribution in [0.5, 0.6) is 5.75 Å². The average Bonchev–Trinajstić information content (AvgIpc) is 2.34. The monoisotopic (exact) mass is 252 g/mol. The first-order chi connectivity index (χ1) is 8.49. The molecule has 0 heterocycles. The highest BCUT2D eigenvalue weighted by atomic mass is 16.6. The van der Waals surface area contributed by atoms with E-state index in [1.54, 1.807) is 12.1 Å². The predicted octanol–water partition coefficient (Wildman–Crippen LogP) is 2.61. The van der Waals surface area contributed by atoms with Crippen LogP contribution in [-0.2, 0) is 0 Å². The van der Waals surface area contributed by atoms with Gasteiger partial charge in [0.25, 0.3) is 5.69 Å². The SMILES string of the molecule is CC(CNC(C)C)COc1cccc([N+](=O)[O-])c1. The molecule has 0 aliphatic rings. The minimum absolute atomic E-state index is 0.0560. The highest BCUT2D eigenvalue weighted by molar-refractivity contribution is 5.37. The molecular formula is C13H20N2O3. The second kappa shape index (κ2) is 6.96. The van der Waals surface area contributed by atoms with Gasteiger partial charge in [0, 0.05) is 24.6 Å². The van der Waals surface area contributed by atoms with Gasteiger partial charge in [0.2, 0.25) is 0 Å². The first-order valence-corrected chi connectivity index (χ1v) is 6.09. The molecule has 1 aromatic rings. The number of nitrogens with one attached hydrogen (secondary N) is 1. The molecule has 0 aromatic heterocycles. The molecule has 1 atom stereocenters. The Morgan fingerprint density at radius 2 is 2.11 bits per heavy atom. The molecule has 0 spiro atoms. The van der Waals surface area contributed by atoms with Gasteiger partial charge in [-0.1, -0.05) is 26.8 Å². The standard InChI is InChI=1S/C13H20N2O3/c1-10(2)14-8-11(3)9-18-13-6-4-5-12(7-13)15(16)17/h4-7,10-11,14H,8-9H2,1-3H3. The Balaban J connectivity index is 2.43. The molecule has 5 heteroatoms. The Labute approximate surface area is 107 Å². The summed E-state index contributed by atoms with van der Waals surface area (Å²) in [4.78, 5) is 10.2. The van der Waals surface area contributed by atoms with Gasteiger partial charge in [0.15, 0.2) is 0 Å². The van der Waals surface area contributed by atoms with Crippen molar-refractivity contribution in [3.8, 4) is 5.75 Å². The van der Waals surface area contributed by atoms with Crippen LogP contribution in [0.1, 0.15) is 20.8 Å². The molecule has 0 aliphatic carbocycles. The largest absolute Gasteiger partial charge is 0.493 e. The van der Waals surface area contributed by atoms with E-state index >= 15 is 0 Å². The molecule has 0 fully saturated rings. The quantitative estimate of drug-likeness (QED) is 0.598. The van der Waals surface area contributed by atoms with E-state index in [4.69, 9.17) is 4.74 Å². The lowest BCUT2D eigenvalue weighted by Crippen LogP contribution is -2.30. The lowest BCUT2D eigenvalue weighted by atomic mass is 10.2. The maximum absolute atomic E-state index is 10.6. The van der Waals surface area contributed by atoms with Gasteiger partial charge in [0.05, 0.1) is 17.6 Å². The van der Waals surface area contributed by atoms with E-state index in [1.165, 1.54) is 12.1 Å². The number of hydrogen-bond acceptors (Lipinski definition) is 4. The molecule has 0 radical (unpaired) electrons. The number of rotatable bonds is 7. The molecule has 0 amide bonds. The topological polar surface area (TPSA) is 64.4 Å². The van der Waals surface area contributed by atoms with E-state index in [0.717, 1.165) is 6.54 Å². The van der Waals surface area contributed by atoms with Crippen molar-refractivity contribution in [3.63, 3.8) is 0 Å². The van der Waals surface area contributed by atoms with E-state index < -0.39 is 4.92 Å². The third-order valence-electron chi connectivity index (χ3n) is 2.44. The van der Waals surface area contributed by atoms with E-state index in [-0.39, 0.29) is 5.69 Å². The fourth-order valence-electron chi connectivity index (χ4n) is 1.42. The first-order valence-electron chi connectivity index (χ1n) is 6.09. The summed E-state index contributed by atoms with van der Waals surface area (Å²) in [7, 11) is 0.